The lowest BCUT2D eigenvalue weighted by Gasteiger charge is -2.32. The Bertz CT molecular complexity index is 760. The summed E-state index contributed by atoms with van der Waals surface area (Å²) >= 11 is 0. The maximum absolute atomic E-state index is 14.3. The smallest absolute Gasteiger partial charge is 0.320 e. The van der Waals surface area contributed by atoms with Gasteiger partial charge >= 0.3 is 5.97 Å². The molecule has 1 fully saturated rings. The van der Waals surface area contributed by atoms with Crippen molar-refractivity contribution in [3.05, 3.63) is 65.0 Å². The molecule has 0 aromatic heterocycles. The number of carbonyl (C=O) groups is 1. The molecular formula is C20H22FNO3. The van der Waals surface area contributed by atoms with E-state index in [1.165, 1.54) is 13.2 Å². The maximum Gasteiger partial charge on any atom is 0.320 e. The summed E-state index contributed by atoms with van der Waals surface area (Å²) in [5, 5.41) is 9.57. The van der Waals surface area contributed by atoms with Gasteiger partial charge in [-0.1, -0.05) is 35.9 Å². The number of hydrogen-bond acceptors (Lipinski definition) is 3. The van der Waals surface area contributed by atoms with Gasteiger partial charge in [-0.25, -0.2) is 4.39 Å². The number of benzene rings is 2. The van der Waals surface area contributed by atoms with Gasteiger partial charge in [-0.05, 0) is 43.0 Å². The van der Waals surface area contributed by atoms with Crippen molar-refractivity contribution in [3.63, 3.8) is 0 Å². The van der Waals surface area contributed by atoms with Crippen LogP contribution in [0.1, 0.15) is 35.6 Å². The minimum Gasteiger partial charge on any atom is -0.494 e. The third-order valence-electron chi connectivity index (χ3n) is 4.80. The summed E-state index contributed by atoms with van der Waals surface area (Å²) in [6.45, 7) is 2.67. The fraction of sp³-hybridized carbons (Fsp3) is 0.350. The SMILES string of the molecule is COc1ccc(C(c2ccc(C)cc2)N2CCCC2C(=O)O)cc1F. The van der Waals surface area contributed by atoms with E-state index in [0.717, 1.165) is 23.1 Å². The molecule has 3 rings (SSSR count). The molecule has 0 saturated carbocycles. The predicted molar refractivity (Wildman–Crippen MR) is 93.3 cm³/mol. The van der Waals surface area contributed by atoms with Gasteiger partial charge in [0.1, 0.15) is 6.04 Å². The normalized spacial score (nSPS) is 18.9. The van der Waals surface area contributed by atoms with Gasteiger partial charge in [0.15, 0.2) is 11.6 Å². The maximum atomic E-state index is 14.3. The van der Waals surface area contributed by atoms with Crippen LogP contribution < -0.4 is 4.74 Å². The molecule has 0 amide bonds. The first-order valence-electron chi connectivity index (χ1n) is 8.40. The molecule has 4 nitrogen and oxygen atoms in total. The lowest BCUT2D eigenvalue weighted by atomic mass is 9.95. The summed E-state index contributed by atoms with van der Waals surface area (Å²) in [5.74, 6) is -1.09. The first-order valence-corrected chi connectivity index (χ1v) is 8.40. The van der Waals surface area contributed by atoms with Gasteiger partial charge in [-0.15, -0.1) is 0 Å². The van der Waals surface area contributed by atoms with Crippen molar-refractivity contribution in [2.75, 3.05) is 13.7 Å². The van der Waals surface area contributed by atoms with E-state index in [2.05, 4.69) is 0 Å². The quantitative estimate of drug-likeness (QED) is 0.898. The second-order valence-corrected chi connectivity index (χ2v) is 6.44. The van der Waals surface area contributed by atoms with Gasteiger partial charge < -0.3 is 9.84 Å². The van der Waals surface area contributed by atoms with Crippen LogP contribution in [0.2, 0.25) is 0 Å². The molecular weight excluding hydrogens is 321 g/mol. The molecule has 2 atom stereocenters. The van der Waals surface area contributed by atoms with E-state index >= 15 is 0 Å². The Balaban J connectivity index is 2.07. The van der Waals surface area contributed by atoms with Crippen LogP contribution in [0.3, 0.4) is 0 Å². The minimum absolute atomic E-state index is 0.183. The van der Waals surface area contributed by atoms with Crippen LogP contribution in [-0.2, 0) is 4.79 Å². The summed E-state index contributed by atoms with van der Waals surface area (Å²) in [7, 11) is 1.43. The fourth-order valence-corrected chi connectivity index (χ4v) is 3.54. The molecule has 2 aromatic rings. The number of likely N-dealkylation sites (tertiary alicyclic amines) is 1. The number of aryl methyl sites for hydroxylation is 1. The number of methoxy groups -OCH3 is 1. The number of ether oxygens (including phenoxy) is 1. The highest BCUT2D eigenvalue weighted by Gasteiger charge is 2.37. The molecule has 0 bridgehead atoms. The van der Waals surface area contributed by atoms with Crippen molar-refractivity contribution in [3.8, 4) is 5.75 Å². The lowest BCUT2D eigenvalue weighted by molar-refractivity contribution is -0.142. The Morgan fingerprint density at radius 2 is 1.92 bits per heavy atom. The largest absolute Gasteiger partial charge is 0.494 e. The van der Waals surface area contributed by atoms with Gasteiger partial charge in [-0.3, -0.25) is 9.69 Å². The Labute approximate surface area is 146 Å². The number of hydrogen-bond donors (Lipinski definition) is 1. The Kier molecular flexibility index (Phi) is 5.04. The average molecular weight is 343 g/mol. The summed E-state index contributed by atoms with van der Waals surface area (Å²) in [6.07, 6.45) is 1.42. The molecule has 1 aliphatic rings. The van der Waals surface area contributed by atoms with Crippen molar-refractivity contribution < 1.29 is 19.0 Å². The summed E-state index contributed by atoms with van der Waals surface area (Å²) < 4.78 is 19.3. The van der Waals surface area contributed by atoms with Gasteiger partial charge in [0.25, 0.3) is 0 Å². The van der Waals surface area contributed by atoms with Crippen LogP contribution in [0.5, 0.6) is 5.75 Å². The van der Waals surface area contributed by atoms with Gasteiger partial charge in [0.05, 0.1) is 13.2 Å². The lowest BCUT2D eigenvalue weighted by Crippen LogP contribution is -2.39. The van der Waals surface area contributed by atoms with Crippen LogP contribution in [0.15, 0.2) is 42.5 Å². The van der Waals surface area contributed by atoms with Crippen LogP contribution in [0, 0.1) is 12.7 Å². The van der Waals surface area contributed by atoms with E-state index in [1.54, 1.807) is 6.07 Å². The van der Waals surface area contributed by atoms with Crippen molar-refractivity contribution in [2.24, 2.45) is 0 Å². The first-order chi connectivity index (χ1) is 12.0. The molecule has 25 heavy (non-hydrogen) atoms. The molecule has 0 aliphatic carbocycles. The second kappa shape index (κ2) is 7.23. The highest BCUT2D eigenvalue weighted by atomic mass is 19.1. The van der Waals surface area contributed by atoms with Crippen LogP contribution in [0.4, 0.5) is 4.39 Å². The van der Waals surface area contributed by atoms with Crippen LogP contribution >= 0.6 is 0 Å². The molecule has 5 heteroatoms. The zero-order valence-electron chi connectivity index (χ0n) is 14.4. The van der Waals surface area contributed by atoms with Crippen molar-refractivity contribution in [1.82, 2.24) is 4.90 Å². The molecule has 1 saturated heterocycles. The van der Waals surface area contributed by atoms with Crippen LogP contribution in [-0.4, -0.2) is 35.7 Å². The van der Waals surface area contributed by atoms with E-state index in [0.29, 0.717) is 13.0 Å². The number of carboxylic acids is 1. The summed E-state index contributed by atoms with van der Waals surface area (Å²) in [4.78, 5) is 13.6. The summed E-state index contributed by atoms with van der Waals surface area (Å²) in [5.41, 5.74) is 2.82. The van der Waals surface area contributed by atoms with Crippen molar-refractivity contribution >= 4 is 5.97 Å². The zero-order valence-corrected chi connectivity index (χ0v) is 14.4. The molecule has 1 N–H and O–H groups in total. The van der Waals surface area contributed by atoms with Gasteiger partial charge in [0.2, 0.25) is 0 Å². The third-order valence-corrected chi connectivity index (χ3v) is 4.80. The number of halogens is 1. The monoisotopic (exact) mass is 343 g/mol. The van der Waals surface area contributed by atoms with Crippen molar-refractivity contribution in [1.29, 1.82) is 0 Å². The van der Waals surface area contributed by atoms with Crippen molar-refractivity contribution in [2.45, 2.75) is 31.8 Å². The van der Waals surface area contributed by atoms with Crippen LogP contribution in [0.25, 0.3) is 0 Å². The first kappa shape index (κ1) is 17.4. The van der Waals surface area contributed by atoms with Gasteiger partial charge in [-0.2, -0.15) is 0 Å². The molecule has 0 radical (unpaired) electrons. The number of nitrogens with zero attached hydrogens (tertiary/aromatic N) is 1. The van der Waals surface area contributed by atoms with E-state index in [1.807, 2.05) is 42.2 Å². The summed E-state index contributed by atoms with van der Waals surface area (Å²) in [6, 6.07) is 11.9. The molecule has 0 spiro atoms. The molecule has 132 valence electrons. The standard InChI is InChI=1S/C20H22FNO3/c1-13-5-7-14(8-6-13)19(22-11-3-4-17(22)20(23)24)15-9-10-18(25-2)16(21)12-15/h5-10,12,17,19H,3-4,11H2,1-2H3,(H,23,24). The van der Waals surface area contributed by atoms with Gasteiger partial charge in [0, 0.05) is 6.54 Å². The predicted octanol–water partition coefficient (Wildman–Crippen LogP) is 3.78. The highest BCUT2D eigenvalue weighted by molar-refractivity contribution is 5.74. The fourth-order valence-electron chi connectivity index (χ4n) is 3.54. The van der Waals surface area contributed by atoms with E-state index in [4.69, 9.17) is 4.74 Å². The Hall–Kier alpha value is -2.40. The third kappa shape index (κ3) is 3.51. The zero-order chi connectivity index (χ0) is 18.0. The average Bonchev–Trinajstić information content (AvgIpc) is 3.06. The minimum atomic E-state index is -0.830. The number of rotatable bonds is 5. The molecule has 2 aromatic carbocycles. The van der Waals surface area contributed by atoms with E-state index in [-0.39, 0.29) is 11.8 Å². The Morgan fingerprint density at radius 1 is 1.24 bits per heavy atom. The highest BCUT2D eigenvalue weighted by Crippen LogP contribution is 2.36. The van der Waals surface area contributed by atoms with E-state index in [9.17, 15) is 14.3 Å². The van der Waals surface area contributed by atoms with E-state index < -0.39 is 17.8 Å². The number of aliphatic carboxylic acids is 1. The number of carboxylic acid groups (broad SMARTS) is 1. The molecule has 1 heterocycles. The Morgan fingerprint density at radius 3 is 2.52 bits per heavy atom. The topological polar surface area (TPSA) is 49.8 Å². The molecule has 2 unspecified atom stereocenters. The molecule has 1 aliphatic heterocycles. The second-order valence-electron chi connectivity index (χ2n) is 6.44.